The molecule has 0 amide bonds. The number of nitrogens with one attached hydrogen (secondary N) is 1. The average Bonchev–Trinajstić information content (AvgIpc) is 2.71. The second-order valence-corrected chi connectivity index (χ2v) is 4.09. The number of thiophene rings is 1. The van der Waals surface area contributed by atoms with Gasteiger partial charge in [0.15, 0.2) is 0 Å². The van der Waals surface area contributed by atoms with Gasteiger partial charge in [0.05, 0.1) is 6.61 Å². The summed E-state index contributed by atoms with van der Waals surface area (Å²) >= 11 is 1.63. The van der Waals surface area contributed by atoms with Gasteiger partial charge in [0.1, 0.15) is 0 Å². The van der Waals surface area contributed by atoms with Crippen LogP contribution >= 0.6 is 11.3 Å². The summed E-state index contributed by atoms with van der Waals surface area (Å²) in [5.41, 5.74) is 0. The molecule has 2 N–H and O–H groups in total. The predicted octanol–water partition coefficient (Wildman–Crippen LogP) is 1.21. The number of hydrogen-bond donors (Lipinski definition) is 2. The summed E-state index contributed by atoms with van der Waals surface area (Å²) in [6.07, 6.45) is -0.0413. The Morgan fingerprint density at radius 3 is 3.21 bits per heavy atom. The molecular formula is C9H11NO3S. The highest BCUT2D eigenvalue weighted by atomic mass is 32.1. The molecule has 1 saturated heterocycles. The van der Waals surface area contributed by atoms with E-state index in [0.29, 0.717) is 6.61 Å². The Morgan fingerprint density at radius 1 is 1.71 bits per heavy atom. The van der Waals surface area contributed by atoms with Crippen molar-refractivity contribution in [3.05, 3.63) is 22.4 Å². The Hall–Kier alpha value is -0.910. The quantitative estimate of drug-likeness (QED) is 0.775. The highest BCUT2D eigenvalue weighted by Crippen LogP contribution is 2.25. The van der Waals surface area contributed by atoms with E-state index in [2.05, 4.69) is 5.32 Å². The van der Waals surface area contributed by atoms with Crippen LogP contribution in [0.4, 0.5) is 0 Å². The molecule has 0 bridgehead atoms. The lowest BCUT2D eigenvalue weighted by Gasteiger charge is -2.27. The standard InChI is InChI=1S/C9H11NO3S/c11-9(12)8-10-6(3-4-13-8)7-2-1-5-14-7/h1-2,5-6,8,10H,3-4H2,(H,11,12). The van der Waals surface area contributed by atoms with Gasteiger partial charge in [-0.15, -0.1) is 11.3 Å². The van der Waals surface area contributed by atoms with Crippen LogP contribution in [0.1, 0.15) is 17.3 Å². The molecule has 0 radical (unpaired) electrons. The van der Waals surface area contributed by atoms with Gasteiger partial charge in [0, 0.05) is 10.9 Å². The first-order valence-electron chi connectivity index (χ1n) is 4.41. The van der Waals surface area contributed by atoms with Crippen LogP contribution in [0.3, 0.4) is 0 Å². The van der Waals surface area contributed by atoms with Gasteiger partial charge in [0.2, 0.25) is 6.23 Å². The van der Waals surface area contributed by atoms with E-state index in [4.69, 9.17) is 9.84 Å². The minimum Gasteiger partial charge on any atom is -0.478 e. The summed E-state index contributed by atoms with van der Waals surface area (Å²) in [6.45, 7) is 0.493. The zero-order valence-corrected chi connectivity index (χ0v) is 8.29. The Labute approximate surface area is 85.5 Å². The summed E-state index contributed by atoms with van der Waals surface area (Å²) in [4.78, 5) is 11.9. The molecule has 1 aromatic rings. The largest absolute Gasteiger partial charge is 0.478 e. The van der Waals surface area contributed by atoms with E-state index < -0.39 is 12.2 Å². The lowest BCUT2D eigenvalue weighted by atomic mass is 10.1. The molecule has 2 atom stereocenters. The maximum atomic E-state index is 10.7. The van der Waals surface area contributed by atoms with Crippen molar-refractivity contribution >= 4 is 17.3 Å². The van der Waals surface area contributed by atoms with E-state index in [9.17, 15) is 4.79 Å². The number of carboxylic acid groups (broad SMARTS) is 1. The fourth-order valence-corrected chi connectivity index (χ4v) is 2.30. The molecule has 2 heterocycles. The molecule has 0 saturated carbocycles. The van der Waals surface area contributed by atoms with E-state index in [1.807, 2.05) is 17.5 Å². The van der Waals surface area contributed by atoms with Crippen molar-refractivity contribution in [3.63, 3.8) is 0 Å². The van der Waals surface area contributed by atoms with Crippen LogP contribution in [0.5, 0.6) is 0 Å². The fraction of sp³-hybridized carbons (Fsp3) is 0.444. The van der Waals surface area contributed by atoms with Gasteiger partial charge in [-0.2, -0.15) is 0 Å². The molecule has 1 aliphatic rings. The first-order chi connectivity index (χ1) is 6.77. The van der Waals surface area contributed by atoms with Crippen LogP contribution < -0.4 is 5.32 Å². The predicted molar refractivity (Wildman–Crippen MR) is 52.2 cm³/mol. The van der Waals surface area contributed by atoms with Gasteiger partial charge in [-0.3, -0.25) is 5.32 Å². The first-order valence-corrected chi connectivity index (χ1v) is 5.29. The third-order valence-electron chi connectivity index (χ3n) is 2.15. The van der Waals surface area contributed by atoms with Crippen LogP contribution in [0, 0.1) is 0 Å². The number of aliphatic carboxylic acids is 1. The molecule has 14 heavy (non-hydrogen) atoms. The molecule has 4 nitrogen and oxygen atoms in total. The van der Waals surface area contributed by atoms with Crippen molar-refractivity contribution in [2.45, 2.75) is 18.7 Å². The lowest BCUT2D eigenvalue weighted by Crippen LogP contribution is -2.45. The minimum atomic E-state index is -0.953. The van der Waals surface area contributed by atoms with Crippen LogP contribution in [0.2, 0.25) is 0 Å². The Bertz CT molecular complexity index is 312. The molecule has 2 rings (SSSR count). The number of carboxylic acids is 1. The summed E-state index contributed by atoms with van der Waals surface area (Å²) < 4.78 is 5.06. The molecule has 5 heteroatoms. The van der Waals surface area contributed by atoms with Crippen molar-refractivity contribution < 1.29 is 14.6 Å². The second kappa shape index (κ2) is 4.08. The van der Waals surface area contributed by atoms with Gasteiger partial charge in [-0.25, -0.2) is 4.79 Å². The molecule has 0 aliphatic carbocycles. The molecule has 1 aliphatic heterocycles. The van der Waals surface area contributed by atoms with Crippen molar-refractivity contribution in [3.8, 4) is 0 Å². The number of ether oxygens (including phenoxy) is 1. The smallest absolute Gasteiger partial charge is 0.348 e. The molecule has 0 aromatic carbocycles. The summed E-state index contributed by atoms with van der Waals surface area (Å²) in [5, 5.41) is 13.7. The highest BCUT2D eigenvalue weighted by Gasteiger charge is 2.27. The molecule has 1 aromatic heterocycles. The van der Waals surface area contributed by atoms with Crippen LogP contribution in [0.15, 0.2) is 17.5 Å². The van der Waals surface area contributed by atoms with E-state index in [1.54, 1.807) is 11.3 Å². The number of carbonyl (C=O) groups is 1. The summed E-state index contributed by atoms with van der Waals surface area (Å²) in [6, 6.07) is 4.09. The van der Waals surface area contributed by atoms with Gasteiger partial charge in [0.25, 0.3) is 0 Å². The highest BCUT2D eigenvalue weighted by molar-refractivity contribution is 7.10. The molecular weight excluding hydrogens is 202 g/mol. The van der Waals surface area contributed by atoms with Crippen LogP contribution in [-0.4, -0.2) is 23.9 Å². The van der Waals surface area contributed by atoms with E-state index in [-0.39, 0.29) is 6.04 Å². The average molecular weight is 213 g/mol. The molecule has 1 fully saturated rings. The SMILES string of the molecule is O=C(O)C1NC(c2cccs2)CCO1. The zero-order valence-electron chi connectivity index (χ0n) is 7.47. The molecule has 76 valence electrons. The van der Waals surface area contributed by atoms with E-state index in [0.717, 1.165) is 6.42 Å². The Balaban J connectivity index is 2.04. The minimum absolute atomic E-state index is 0.116. The maximum absolute atomic E-state index is 10.7. The second-order valence-electron chi connectivity index (χ2n) is 3.11. The third kappa shape index (κ3) is 1.95. The van der Waals surface area contributed by atoms with Crippen molar-refractivity contribution in [2.75, 3.05) is 6.61 Å². The van der Waals surface area contributed by atoms with Crippen molar-refractivity contribution in [2.24, 2.45) is 0 Å². The summed E-state index contributed by atoms with van der Waals surface area (Å²) in [5.74, 6) is -0.953. The fourth-order valence-electron chi connectivity index (χ4n) is 1.47. The van der Waals surface area contributed by atoms with E-state index >= 15 is 0 Å². The van der Waals surface area contributed by atoms with Crippen LogP contribution in [-0.2, 0) is 9.53 Å². The maximum Gasteiger partial charge on any atom is 0.348 e. The van der Waals surface area contributed by atoms with Crippen molar-refractivity contribution in [1.82, 2.24) is 5.32 Å². The Kier molecular flexibility index (Phi) is 2.81. The molecule has 2 unspecified atom stereocenters. The Morgan fingerprint density at radius 2 is 2.57 bits per heavy atom. The van der Waals surface area contributed by atoms with Gasteiger partial charge in [-0.1, -0.05) is 6.07 Å². The lowest BCUT2D eigenvalue weighted by molar-refractivity contribution is -0.157. The number of hydrogen-bond acceptors (Lipinski definition) is 4. The van der Waals surface area contributed by atoms with Crippen LogP contribution in [0.25, 0.3) is 0 Å². The van der Waals surface area contributed by atoms with Crippen molar-refractivity contribution in [1.29, 1.82) is 0 Å². The van der Waals surface area contributed by atoms with Gasteiger partial charge < -0.3 is 9.84 Å². The van der Waals surface area contributed by atoms with Gasteiger partial charge >= 0.3 is 5.97 Å². The molecule has 0 spiro atoms. The zero-order chi connectivity index (χ0) is 9.97. The normalized spacial score (nSPS) is 27.4. The first kappa shape index (κ1) is 9.64. The topological polar surface area (TPSA) is 58.6 Å². The van der Waals surface area contributed by atoms with E-state index in [1.165, 1.54) is 4.88 Å². The van der Waals surface area contributed by atoms with Gasteiger partial charge in [-0.05, 0) is 17.9 Å². The summed E-state index contributed by atoms with van der Waals surface area (Å²) in [7, 11) is 0. The third-order valence-corrected chi connectivity index (χ3v) is 3.14. The number of rotatable bonds is 2. The monoisotopic (exact) mass is 213 g/mol.